The van der Waals surface area contributed by atoms with Crippen molar-refractivity contribution in [2.24, 2.45) is 0 Å². The summed E-state index contributed by atoms with van der Waals surface area (Å²) in [4.78, 5) is 8.19. The summed E-state index contributed by atoms with van der Waals surface area (Å²) in [6.07, 6.45) is 3.04. The minimum absolute atomic E-state index is 0.321. The van der Waals surface area contributed by atoms with Crippen molar-refractivity contribution in [3.8, 4) is 17.1 Å². The first-order chi connectivity index (χ1) is 9.26. The van der Waals surface area contributed by atoms with E-state index in [1.165, 1.54) is 25.6 Å². The van der Waals surface area contributed by atoms with Gasteiger partial charge in [-0.25, -0.2) is 14.4 Å². The Morgan fingerprint density at radius 1 is 1.26 bits per heavy atom. The van der Waals surface area contributed by atoms with Gasteiger partial charge in [0.15, 0.2) is 0 Å². The minimum Gasteiger partial charge on any atom is -0.479 e. The molecule has 100 valence electrons. The Kier molecular flexibility index (Phi) is 4.41. The van der Waals surface area contributed by atoms with Crippen molar-refractivity contribution in [3.63, 3.8) is 0 Å². The second-order valence-electron chi connectivity index (χ2n) is 4.01. The molecular weight excluding hydrogens is 245 g/mol. The van der Waals surface area contributed by atoms with Crippen LogP contribution in [-0.2, 0) is 6.54 Å². The van der Waals surface area contributed by atoms with Gasteiger partial charge in [-0.3, -0.25) is 0 Å². The summed E-state index contributed by atoms with van der Waals surface area (Å²) in [6.45, 7) is 3.57. The number of nitrogens with zero attached hydrogens (tertiary/aromatic N) is 2. The van der Waals surface area contributed by atoms with Crippen LogP contribution >= 0.6 is 0 Å². The lowest BCUT2D eigenvalue weighted by molar-refractivity contribution is 0.397. The third-order valence-electron chi connectivity index (χ3n) is 2.72. The summed E-state index contributed by atoms with van der Waals surface area (Å²) in [6, 6.07) is 4.96. The average molecular weight is 261 g/mol. The van der Waals surface area contributed by atoms with Crippen molar-refractivity contribution in [2.45, 2.75) is 13.5 Å². The zero-order valence-electron chi connectivity index (χ0n) is 11.0. The largest absolute Gasteiger partial charge is 0.479 e. The lowest BCUT2D eigenvalue weighted by Crippen LogP contribution is -2.11. The maximum atomic E-state index is 14.0. The van der Waals surface area contributed by atoms with E-state index in [0.717, 1.165) is 12.1 Å². The zero-order chi connectivity index (χ0) is 13.7. The molecule has 0 atom stereocenters. The van der Waals surface area contributed by atoms with Gasteiger partial charge in [0.1, 0.15) is 11.5 Å². The fourth-order valence-corrected chi connectivity index (χ4v) is 1.79. The molecule has 0 amide bonds. The number of hydrogen-bond acceptors (Lipinski definition) is 4. The summed E-state index contributed by atoms with van der Waals surface area (Å²) in [5.41, 5.74) is 1.81. The number of nitrogens with one attached hydrogen (secondary N) is 1. The number of hydrogen-bond donors (Lipinski definition) is 1. The lowest BCUT2D eigenvalue weighted by atomic mass is 10.1. The van der Waals surface area contributed by atoms with Gasteiger partial charge in [-0.2, -0.15) is 0 Å². The molecule has 0 radical (unpaired) electrons. The summed E-state index contributed by atoms with van der Waals surface area (Å²) in [5.74, 6) is -0.0129. The molecule has 5 heteroatoms. The van der Waals surface area contributed by atoms with Gasteiger partial charge >= 0.3 is 0 Å². The van der Waals surface area contributed by atoms with Gasteiger partial charge in [0.2, 0.25) is 5.88 Å². The SMILES string of the molecule is CCNCc1ccc(F)c(-c2nccnc2OC)c1. The minimum atomic E-state index is -0.334. The molecule has 0 aliphatic heterocycles. The highest BCUT2D eigenvalue weighted by molar-refractivity contribution is 5.65. The molecule has 0 spiro atoms. The van der Waals surface area contributed by atoms with Gasteiger partial charge in [-0.05, 0) is 24.2 Å². The molecule has 0 saturated carbocycles. The maximum Gasteiger partial charge on any atom is 0.240 e. The zero-order valence-corrected chi connectivity index (χ0v) is 11.0. The van der Waals surface area contributed by atoms with Crippen LogP contribution < -0.4 is 10.1 Å². The van der Waals surface area contributed by atoms with E-state index in [0.29, 0.717) is 23.7 Å². The van der Waals surface area contributed by atoms with Crippen molar-refractivity contribution in [2.75, 3.05) is 13.7 Å². The first kappa shape index (κ1) is 13.4. The van der Waals surface area contributed by atoms with Crippen molar-refractivity contribution >= 4 is 0 Å². The highest BCUT2D eigenvalue weighted by atomic mass is 19.1. The van der Waals surface area contributed by atoms with E-state index in [1.54, 1.807) is 12.1 Å². The molecule has 1 N–H and O–H groups in total. The quantitative estimate of drug-likeness (QED) is 0.897. The molecule has 0 bridgehead atoms. The number of rotatable bonds is 5. The maximum absolute atomic E-state index is 14.0. The summed E-state index contributed by atoms with van der Waals surface area (Å²) in [5, 5.41) is 3.20. The van der Waals surface area contributed by atoms with Crippen LogP contribution in [-0.4, -0.2) is 23.6 Å². The fourth-order valence-electron chi connectivity index (χ4n) is 1.79. The van der Waals surface area contributed by atoms with Crippen molar-refractivity contribution < 1.29 is 9.13 Å². The van der Waals surface area contributed by atoms with E-state index in [9.17, 15) is 4.39 Å². The number of benzene rings is 1. The Morgan fingerprint density at radius 3 is 2.79 bits per heavy atom. The molecule has 0 fully saturated rings. The van der Waals surface area contributed by atoms with E-state index < -0.39 is 0 Å². The van der Waals surface area contributed by atoms with Gasteiger partial charge in [0.05, 0.1) is 7.11 Å². The molecule has 2 aromatic rings. The van der Waals surface area contributed by atoms with E-state index in [2.05, 4.69) is 15.3 Å². The molecule has 1 aromatic carbocycles. The Morgan fingerprint density at radius 2 is 2.05 bits per heavy atom. The normalized spacial score (nSPS) is 10.5. The first-order valence-corrected chi connectivity index (χ1v) is 6.10. The number of aromatic nitrogens is 2. The predicted molar refractivity (Wildman–Crippen MR) is 71.4 cm³/mol. The third kappa shape index (κ3) is 3.06. The van der Waals surface area contributed by atoms with Crippen LogP contribution in [0, 0.1) is 5.82 Å². The molecular formula is C14H16FN3O. The van der Waals surface area contributed by atoms with E-state index in [4.69, 9.17) is 4.74 Å². The molecule has 1 heterocycles. The second kappa shape index (κ2) is 6.24. The highest BCUT2D eigenvalue weighted by Crippen LogP contribution is 2.28. The topological polar surface area (TPSA) is 47.0 Å². The molecule has 1 aromatic heterocycles. The van der Waals surface area contributed by atoms with E-state index >= 15 is 0 Å². The van der Waals surface area contributed by atoms with Crippen LogP contribution in [0.2, 0.25) is 0 Å². The molecule has 0 aliphatic rings. The highest BCUT2D eigenvalue weighted by Gasteiger charge is 2.13. The number of ether oxygens (including phenoxy) is 1. The van der Waals surface area contributed by atoms with Crippen LogP contribution in [0.4, 0.5) is 4.39 Å². The van der Waals surface area contributed by atoms with Gasteiger partial charge in [-0.15, -0.1) is 0 Å². The Labute approximate surface area is 111 Å². The van der Waals surface area contributed by atoms with E-state index in [-0.39, 0.29) is 5.82 Å². The second-order valence-corrected chi connectivity index (χ2v) is 4.01. The molecule has 2 rings (SSSR count). The Bertz CT molecular complexity index is 560. The molecule has 0 aliphatic carbocycles. The number of halogens is 1. The third-order valence-corrected chi connectivity index (χ3v) is 2.72. The molecule has 4 nitrogen and oxygen atoms in total. The predicted octanol–water partition coefficient (Wildman–Crippen LogP) is 2.40. The van der Waals surface area contributed by atoms with Crippen LogP contribution in [0.1, 0.15) is 12.5 Å². The van der Waals surface area contributed by atoms with Crippen molar-refractivity contribution in [3.05, 3.63) is 42.0 Å². The summed E-state index contributed by atoms with van der Waals surface area (Å²) in [7, 11) is 1.49. The van der Waals surface area contributed by atoms with Crippen LogP contribution in [0.3, 0.4) is 0 Å². The molecule has 0 unspecified atom stereocenters. The molecule has 0 saturated heterocycles. The summed E-state index contributed by atoms with van der Waals surface area (Å²) >= 11 is 0. The van der Waals surface area contributed by atoms with Crippen LogP contribution in [0.25, 0.3) is 11.3 Å². The Balaban J connectivity index is 2.42. The first-order valence-electron chi connectivity index (χ1n) is 6.10. The van der Waals surface area contributed by atoms with Gasteiger partial charge in [-0.1, -0.05) is 13.0 Å². The van der Waals surface area contributed by atoms with Gasteiger partial charge in [0, 0.05) is 24.5 Å². The monoisotopic (exact) mass is 261 g/mol. The van der Waals surface area contributed by atoms with E-state index in [1.807, 2.05) is 6.92 Å². The average Bonchev–Trinajstić information content (AvgIpc) is 2.46. The lowest BCUT2D eigenvalue weighted by Gasteiger charge is -2.09. The van der Waals surface area contributed by atoms with Crippen LogP contribution in [0.5, 0.6) is 5.88 Å². The standard InChI is InChI=1S/C14H16FN3O/c1-3-16-9-10-4-5-12(15)11(8-10)13-14(19-2)18-7-6-17-13/h4-8,16H,3,9H2,1-2H3. The summed E-state index contributed by atoms with van der Waals surface area (Å²) < 4.78 is 19.1. The Hall–Kier alpha value is -2.01. The van der Waals surface area contributed by atoms with Crippen molar-refractivity contribution in [1.29, 1.82) is 0 Å². The number of methoxy groups -OCH3 is 1. The fraction of sp³-hybridized carbons (Fsp3) is 0.286. The molecule has 19 heavy (non-hydrogen) atoms. The van der Waals surface area contributed by atoms with Gasteiger partial charge < -0.3 is 10.1 Å². The van der Waals surface area contributed by atoms with Crippen molar-refractivity contribution in [1.82, 2.24) is 15.3 Å². The smallest absolute Gasteiger partial charge is 0.240 e. The van der Waals surface area contributed by atoms with Gasteiger partial charge in [0.25, 0.3) is 0 Å². The van der Waals surface area contributed by atoms with Crippen LogP contribution in [0.15, 0.2) is 30.6 Å².